The summed E-state index contributed by atoms with van der Waals surface area (Å²) in [5, 5.41) is 7.78. The Labute approximate surface area is 200 Å². The molecule has 2 rings (SSSR count). The largest absolute Gasteiger partial charge is 0.460 e. The Hall–Kier alpha value is -3.04. The molecule has 9 heteroatoms. The average Bonchev–Trinajstić information content (AvgIpc) is 2.74. The SMILES string of the molecule is CC(C)(C)OC(=O)C[C@H](Cc1ccccc1)C(=O)CCC(=O)NCc1ccc(S(N)(=O)=O)cc1. The molecule has 0 aromatic heterocycles. The Balaban J connectivity index is 1.92. The van der Waals surface area contributed by atoms with E-state index in [1.54, 1.807) is 32.9 Å². The number of hydrogen-bond acceptors (Lipinski definition) is 6. The van der Waals surface area contributed by atoms with Gasteiger partial charge in [-0.2, -0.15) is 0 Å². The summed E-state index contributed by atoms with van der Waals surface area (Å²) in [6.07, 6.45) is 0.310. The topological polar surface area (TPSA) is 133 Å². The third-order valence-electron chi connectivity index (χ3n) is 4.95. The Morgan fingerprint density at radius 1 is 0.941 bits per heavy atom. The molecule has 0 saturated carbocycles. The molecule has 0 spiro atoms. The van der Waals surface area contributed by atoms with E-state index in [2.05, 4.69) is 5.32 Å². The molecule has 3 N–H and O–H groups in total. The number of carbonyl (C=O) groups is 3. The number of nitrogens with one attached hydrogen (secondary N) is 1. The van der Waals surface area contributed by atoms with Gasteiger partial charge in [0.15, 0.2) is 0 Å². The number of esters is 1. The summed E-state index contributed by atoms with van der Waals surface area (Å²) < 4.78 is 28.0. The number of ether oxygens (including phenoxy) is 1. The van der Waals surface area contributed by atoms with Crippen molar-refractivity contribution in [3.05, 3.63) is 65.7 Å². The van der Waals surface area contributed by atoms with Crippen molar-refractivity contribution in [2.75, 3.05) is 0 Å². The lowest BCUT2D eigenvalue weighted by atomic mass is 9.90. The third kappa shape index (κ3) is 9.84. The van der Waals surface area contributed by atoms with Gasteiger partial charge in [-0.05, 0) is 50.5 Å². The van der Waals surface area contributed by atoms with Crippen LogP contribution in [0.5, 0.6) is 0 Å². The predicted octanol–water partition coefficient (Wildman–Crippen LogP) is 2.89. The highest BCUT2D eigenvalue weighted by atomic mass is 32.2. The highest BCUT2D eigenvalue weighted by Gasteiger charge is 2.26. The van der Waals surface area contributed by atoms with E-state index in [-0.39, 0.29) is 42.4 Å². The molecule has 0 bridgehead atoms. The molecule has 8 nitrogen and oxygen atoms in total. The smallest absolute Gasteiger partial charge is 0.307 e. The van der Waals surface area contributed by atoms with Crippen LogP contribution in [0.15, 0.2) is 59.5 Å². The van der Waals surface area contributed by atoms with Crippen molar-refractivity contribution in [1.82, 2.24) is 5.32 Å². The molecular formula is C25H32N2O6S. The standard InChI is InChI=1S/C25H32N2O6S/c1-25(2,3)33-24(30)16-20(15-18-7-5-4-6-8-18)22(28)13-14-23(29)27-17-19-9-11-21(12-10-19)34(26,31)32/h4-12,20H,13-17H2,1-3H3,(H,27,29)(H2,26,31,32)/t20-/m0/s1. The van der Waals surface area contributed by atoms with Gasteiger partial charge in [0.2, 0.25) is 15.9 Å². The van der Waals surface area contributed by atoms with Crippen molar-refractivity contribution in [3.63, 3.8) is 0 Å². The van der Waals surface area contributed by atoms with Crippen LogP contribution in [-0.2, 0) is 42.1 Å². The number of Topliss-reactive ketones (excluding diaryl/α,β-unsaturated/α-hetero) is 1. The van der Waals surface area contributed by atoms with E-state index in [0.717, 1.165) is 5.56 Å². The zero-order valence-electron chi connectivity index (χ0n) is 19.7. The Bertz CT molecular complexity index is 1090. The molecule has 0 aliphatic rings. The van der Waals surface area contributed by atoms with E-state index in [4.69, 9.17) is 9.88 Å². The lowest BCUT2D eigenvalue weighted by Gasteiger charge is -2.22. The van der Waals surface area contributed by atoms with Crippen molar-refractivity contribution in [3.8, 4) is 0 Å². The summed E-state index contributed by atoms with van der Waals surface area (Å²) in [7, 11) is -3.78. The Kier molecular flexibility index (Phi) is 9.52. The maximum Gasteiger partial charge on any atom is 0.307 e. The van der Waals surface area contributed by atoms with Gasteiger partial charge in [-0.25, -0.2) is 13.6 Å². The number of amides is 1. The lowest BCUT2D eigenvalue weighted by molar-refractivity contribution is -0.157. The number of benzene rings is 2. The summed E-state index contributed by atoms with van der Waals surface area (Å²) in [5.74, 6) is -1.54. The fraction of sp³-hybridized carbons (Fsp3) is 0.400. The third-order valence-corrected chi connectivity index (χ3v) is 5.88. The molecule has 2 aromatic carbocycles. The minimum atomic E-state index is -3.78. The van der Waals surface area contributed by atoms with Crippen molar-refractivity contribution in [2.45, 2.75) is 63.5 Å². The summed E-state index contributed by atoms with van der Waals surface area (Å²) in [6.45, 7) is 5.49. The number of carbonyl (C=O) groups excluding carboxylic acids is 3. The van der Waals surface area contributed by atoms with E-state index < -0.39 is 27.5 Å². The molecule has 2 aromatic rings. The van der Waals surface area contributed by atoms with Gasteiger partial charge in [0.1, 0.15) is 11.4 Å². The van der Waals surface area contributed by atoms with Gasteiger partial charge in [-0.15, -0.1) is 0 Å². The van der Waals surface area contributed by atoms with E-state index >= 15 is 0 Å². The fourth-order valence-electron chi connectivity index (χ4n) is 3.31. The molecule has 0 unspecified atom stereocenters. The van der Waals surface area contributed by atoms with Crippen LogP contribution < -0.4 is 10.5 Å². The zero-order chi connectivity index (χ0) is 25.4. The highest BCUT2D eigenvalue weighted by Crippen LogP contribution is 2.19. The first kappa shape index (κ1) is 27.2. The predicted molar refractivity (Wildman–Crippen MR) is 128 cm³/mol. The molecule has 0 heterocycles. The molecule has 1 amide bonds. The average molecular weight is 489 g/mol. The number of ketones is 1. The summed E-state index contributed by atoms with van der Waals surface area (Å²) in [6, 6.07) is 15.2. The van der Waals surface area contributed by atoms with Crippen LogP contribution in [0, 0.1) is 5.92 Å². The van der Waals surface area contributed by atoms with Gasteiger partial charge in [0.25, 0.3) is 0 Å². The van der Waals surface area contributed by atoms with E-state index in [9.17, 15) is 22.8 Å². The van der Waals surface area contributed by atoms with E-state index in [1.165, 1.54) is 12.1 Å². The molecule has 0 aliphatic heterocycles. The van der Waals surface area contributed by atoms with Gasteiger partial charge in [0, 0.05) is 25.3 Å². The maximum atomic E-state index is 12.9. The van der Waals surface area contributed by atoms with E-state index in [0.29, 0.717) is 12.0 Å². The maximum absolute atomic E-state index is 12.9. The second-order valence-corrected chi connectivity index (χ2v) is 10.7. The zero-order valence-corrected chi connectivity index (χ0v) is 20.6. The molecule has 34 heavy (non-hydrogen) atoms. The molecule has 0 fully saturated rings. The lowest BCUT2D eigenvalue weighted by Crippen LogP contribution is -2.29. The van der Waals surface area contributed by atoms with Gasteiger partial charge in [0.05, 0.1) is 11.3 Å². The second-order valence-electron chi connectivity index (χ2n) is 9.11. The summed E-state index contributed by atoms with van der Waals surface area (Å²) in [5.41, 5.74) is 0.972. The molecule has 184 valence electrons. The second kappa shape index (κ2) is 11.9. The van der Waals surface area contributed by atoms with E-state index in [1.807, 2.05) is 30.3 Å². The van der Waals surface area contributed by atoms with Crippen LogP contribution in [-0.4, -0.2) is 31.7 Å². The molecule has 1 atom stereocenters. The minimum Gasteiger partial charge on any atom is -0.460 e. The summed E-state index contributed by atoms with van der Waals surface area (Å²) >= 11 is 0. The summed E-state index contributed by atoms with van der Waals surface area (Å²) in [4.78, 5) is 37.5. The van der Waals surface area contributed by atoms with Crippen molar-refractivity contribution in [2.24, 2.45) is 11.1 Å². The molecule has 0 aliphatic carbocycles. The number of primary sulfonamides is 1. The van der Waals surface area contributed by atoms with Crippen molar-refractivity contribution >= 4 is 27.7 Å². The number of nitrogens with two attached hydrogens (primary N) is 1. The first-order valence-electron chi connectivity index (χ1n) is 11.0. The van der Waals surface area contributed by atoms with Crippen molar-refractivity contribution in [1.29, 1.82) is 0 Å². The van der Waals surface area contributed by atoms with Crippen LogP contribution in [0.1, 0.15) is 51.2 Å². The first-order chi connectivity index (χ1) is 15.8. The Morgan fingerprint density at radius 3 is 2.12 bits per heavy atom. The number of sulfonamides is 1. The van der Waals surface area contributed by atoms with Gasteiger partial charge in [-0.1, -0.05) is 42.5 Å². The van der Waals surface area contributed by atoms with Crippen LogP contribution >= 0.6 is 0 Å². The number of hydrogen-bond donors (Lipinski definition) is 2. The van der Waals surface area contributed by atoms with Crippen molar-refractivity contribution < 1.29 is 27.5 Å². The van der Waals surface area contributed by atoms with Gasteiger partial charge >= 0.3 is 5.97 Å². The van der Waals surface area contributed by atoms with Crippen LogP contribution in [0.3, 0.4) is 0 Å². The monoisotopic (exact) mass is 488 g/mol. The molecule has 0 saturated heterocycles. The van der Waals surface area contributed by atoms with Crippen LogP contribution in [0.2, 0.25) is 0 Å². The quantitative estimate of drug-likeness (QED) is 0.467. The van der Waals surface area contributed by atoms with Gasteiger partial charge in [-0.3, -0.25) is 14.4 Å². The Morgan fingerprint density at radius 2 is 1.56 bits per heavy atom. The number of rotatable bonds is 11. The molecule has 0 radical (unpaired) electrons. The molecular weight excluding hydrogens is 456 g/mol. The van der Waals surface area contributed by atoms with Crippen LogP contribution in [0.4, 0.5) is 0 Å². The van der Waals surface area contributed by atoms with Crippen LogP contribution in [0.25, 0.3) is 0 Å². The normalized spacial score (nSPS) is 12.6. The first-order valence-corrected chi connectivity index (χ1v) is 12.5. The minimum absolute atomic E-state index is 0.00349. The highest BCUT2D eigenvalue weighted by molar-refractivity contribution is 7.89. The van der Waals surface area contributed by atoms with Gasteiger partial charge < -0.3 is 10.1 Å². The fourth-order valence-corrected chi connectivity index (χ4v) is 3.83.